The topological polar surface area (TPSA) is 63.4 Å². The molecule has 1 aliphatic heterocycles. The number of hydrogen-bond acceptors (Lipinski definition) is 3. The smallest absolute Gasteiger partial charge is 0.233 e. The van der Waals surface area contributed by atoms with E-state index >= 15 is 0 Å². The summed E-state index contributed by atoms with van der Waals surface area (Å²) in [4.78, 5) is 24.8. The fourth-order valence-electron chi connectivity index (χ4n) is 2.47. The van der Waals surface area contributed by atoms with Crippen molar-refractivity contribution >= 4 is 11.8 Å². The van der Waals surface area contributed by atoms with E-state index < -0.39 is 0 Å². The number of hydrogen-bond donors (Lipinski definition) is 1. The van der Waals surface area contributed by atoms with Crippen LogP contribution >= 0.6 is 0 Å². The zero-order valence-corrected chi connectivity index (χ0v) is 8.78. The summed E-state index contributed by atoms with van der Waals surface area (Å²) in [5.41, 5.74) is 5.47. The molecule has 2 aliphatic rings. The zero-order chi connectivity index (χ0) is 10.7. The predicted octanol–water partition coefficient (Wildman–Crippen LogP) is -0.0254. The van der Waals surface area contributed by atoms with Gasteiger partial charge >= 0.3 is 0 Å². The van der Waals surface area contributed by atoms with Gasteiger partial charge in [0.1, 0.15) is 0 Å². The largest absolute Gasteiger partial charge is 0.326 e. The quantitative estimate of drug-likeness (QED) is 0.631. The first kappa shape index (κ1) is 9.65. The first-order chi connectivity index (χ1) is 6.37. The number of piperidine rings is 1. The van der Waals surface area contributed by atoms with Crippen LogP contribution in [0, 0.1) is 17.3 Å². The van der Waals surface area contributed by atoms with Crippen molar-refractivity contribution in [3.05, 3.63) is 0 Å². The Bertz CT molecular complexity index is 285. The molecule has 2 rings (SSSR count). The first-order valence-corrected chi connectivity index (χ1v) is 4.98. The van der Waals surface area contributed by atoms with Crippen LogP contribution < -0.4 is 5.73 Å². The van der Waals surface area contributed by atoms with E-state index in [2.05, 4.69) is 0 Å². The van der Waals surface area contributed by atoms with Crippen molar-refractivity contribution in [2.45, 2.75) is 26.8 Å². The summed E-state index contributed by atoms with van der Waals surface area (Å²) in [5.74, 6) is -0.202. The summed E-state index contributed by atoms with van der Waals surface area (Å²) < 4.78 is 0. The molecule has 4 heteroatoms. The minimum absolute atomic E-state index is 0.0256. The molecule has 0 aromatic carbocycles. The monoisotopic (exact) mass is 196 g/mol. The number of nitrogens with zero attached hydrogens (tertiary/aromatic N) is 1. The lowest BCUT2D eigenvalue weighted by Crippen LogP contribution is -2.42. The number of carbonyl (C=O) groups is 2. The third-order valence-corrected chi connectivity index (χ3v) is 3.36. The number of amides is 2. The molecule has 78 valence electrons. The molecule has 2 fully saturated rings. The minimum Gasteiger partial charge on any atom is -0.326 e. The van der Waals surface area contributed by atoms with Gasteiger partial charge in [0, 0.05) is 12.6 Å². The van der Waals surface area contributed by atoms with Gasteiger partial charge in [-0.25, -0.2) is 0 Å². The normalized spacial score (nSPS) is 35.9. The standard InChI is InChI=1S/C10H16N2O2/c1-5(11)4-12-8(13)6-7(9(12)14)10(6,2)3/h5-7H,4,11H2,1-3H3/t5-,6?,7?/m0/s1. The van der Waals surface area contributed by atoms with E-state index in [1.807, 2.05) is 13.8 Å². The summed E-state index contributed by atoms with van der Waals surface area (Å²) in [7, 11) is 0. The van der Waals surface area contributed by atoms with Gasteiger partial charge in [-0.3, -0.25) is 14.5 Å². The van der Waals surface area contributed by atoms with Crippen LogP contribution in [0.3, 0.4) is 0 Å². The lowest BCUT2D eigenvalue weighted by molar-refractivity contribution is -0.143. The highest BCUT2D eigenvalue weighted by Crippen LogP contribution is 2.63. The van der Waals surface area contributed by atoms with Crippen molar-refractivity contribution in [3.8, 4) is 0 Å². The molecular weight excluding hydrogens is 180 g/mol. The summed E-state index contributed by atoms with van der Waals surface area (Å²) in [6, 6.07) is -0.136. The molecule has 1 saturated heterocycles. The van der Waals surface area contributed by atoms with Gasteiger partial charge in [0.05, 0.1) is 11.8 Å². The Kier molecular flexibility index (Phi) is 1.77. The van der Waals surface area contributed by atoms with E-state index in [0.29, 0.717) is 6.54 Å². The van der Waals surface area contributed by atoms with Crippen LogP contribution in [0.2, 0.25) is 0 Å². The van der Waals surface area contributed by atoms with Crippen LogP contribution in [0.4, 0.5) is 0 Å². The van der Waals surface area contributed by atoms with Crippen LogP contribution in [-0.4, -0.2) is 29.3 Å². The third kappa shape index (κ3) is 1.03. The molecule has 0 bridgehead atoms. The van der Waals surface area contributed by atoms with Crippen molar-refractivity contribution in [1.29, 1.82) is 0 Å². The average Bonchev–Trinajstić information content (AvgIpc) is 2.51. The third-order valence-electron chi connectivity index (χ3n) is 3.36. The molecule has 3 atom stereocenters. The second-order valence-electron chi connectivity index (χ2n) is 5.04. The van der Waals surface area contributed by atoms with Crippen molar-refractivity contribution in [2.24, 2.45) is 23.0 Å². The van der Waals surface area contributed by atoms with Crippen molar-refractivity contribution < 1.29 is 9.59 Å². The Labute approximate surface area is 83.4 Å². The van der Waals surface area contributed by atoms with Gasteiger partial charge in [-0.15, -0.1) is 0 Å². The summed E-state index contributed by atoms with van der Waals surface area (Å²) in [6.07, 6.45) is 0. The van der Waals surface area contributed by atoms with Gasteiger partial charge in [0.25, 0.3) is 0 Å². The first-order valence-electron chi connectivity index (χ1n) is 4.98. The van der Waals surface area contributed by atoms with Gasteiger partial charge < -0.3 is 5.73 Å². The molecule has 2 amide bonds. The molecule has 14 heavy (non-hydrogen) atoms. The van der Waals surface area contributed by atoms with E-state index in [1.54, 1.807) is 6.92 Å². The van der Waals surface area contributed by atoms with Crippen molar-refractivity contribution in [3.63, 3.8) is 0 Å². The SMILES string of the molecule is C[C@H](N)CN1C(=O)C2C(C1=O)C2(C)C. The maximum absolute atomic E-state index is 11.8. The van der Waals surface area contributed by atoms with Crippen LogP contribution in [0.15, 0.2) is 0 Å². The van der Waals surface area contributed by atoms with E-state index in [9.17, 15) is 9.59 Å². The summed E-state index contributed by atoms with van der Waals surface area (Å²) >= 11 is 0. The molecular formula is C10H16N2O2. The number of fused-ring (bicyclic) bond motifs is 1. The van der Waals surface area contributed by atoms with Crippen LogP contribution in [0.5, 0.6) is 0 Å². The Morgan fingerprint density at radius 3 is 2.14 bits per heavy atom. The second-order valence-corrected chi connectivity index (χ2v) is 5.04. The number of nitrogens with two attached hydrogens (primary N) is 1. The van der Waals surface area contributed by atoms with Gasteiger partial charge in [0.15, 0.2) is 0 Å². The molecule has 0 radical (unpaired) electrons. The number of likely N-dealkylation sites (tertiary alicyclic amines) is 1. The summed E-state index contributed by atoms with van der Waals surface area (Å²) in [5, 5.41) is 0. The minimum atomic E-state index is -0.136. The predicted molar refractivity (Wildman–Crippen MR) is 51.1 cm³/mol. The van der Waals surface area contributed by atoms with Gasteiger partial charge in [-0.05, 0) is 12.3 Å². The second kappa shape index (κ2) is 2.57. The lowest BCUT2D eigenvalue weighted by atomic mass is 10.1. The molecule has 1 heterocycles. The Morgan fingerprint density at radius 1 is 1.36 bits per heavy atom. The van der Waals surface area contributed by atoms with Crippen LogP contribution in [-0.2, 0) is 9.59 Å². The average molecular weight is 196 g/mol. The van der Waals surface area contributed by atoms with E-state index in [1.165, 1.54) is 4.90 Å². The molecule has 1 saturated carbocycles. The molecule has 0 spiro atoms. The number of carbonyl (C=O) groups excluding carboxylic acids is 2. The fraction of sp³-hybridized carbons (Fsp3) is 0.800. The highest BCUT2D eigenvalue weighted by molar-refractivity contribution is 6.10. The molecule has 1 aliphatic carbocycles. The van der Waals surface area contributed by atoms with E-state index in [-0.39, 0.29) is 35.1 Å². The molecule has 2 N–H and O–H groups in total. The molecule has 4 nitrogen and oxygen atoms in total. The van der Waals surface area contributed by atoms with Crippen molar-refractivity contribution in [2.75, 3.05) is 6.54 Å². The number of rotatable bonds is 2. The Morgan fingerprint density at radius 2 is 1.79 bits per heavy atom. The Hall–Kier alpha value is -0.900. The maximum Gasteiger partial charge on any atom is 0.233 e. The maximum atomic E-state index is 11.8. The van der Waals surface area contributed by atoms with Gasteiger partial charge in [0.2, 0.25) is 11.8 Å². The summed E-state index contributed by atoms with van der Waals surface area (Å²) in [6.45, 7) is 6.11. The number of imide groups is 1. The van der Waals surface area contributed by atoms with Crippen LogP contribution in [0.25, 0.3) is 0 Å². The van der Waals surface area contributed by atoms with E-state index in [0.717, 1.165) is 0 Å². The van der Waals surface area contributed by atoms with Gasteiger partial charge in [-0.2, -0.15) is 0 Å². The zero-order valence-electron chi connectivity index (χ0n) is 8.78. The van der Waals surface area contributed by atoms with Gasteiger partial charge in [-0.1, -0.05) is 13.8 Å². The van der Waals surface area contributed by atoms with Crippen LogP contribution in [0.1, 0.15) is 20.8 Å². The molecule has 0 aromatic rings. The Balaban J connectivity index is 2.14. The molecule has 0 aromatic heterocycles. The lowest BCUT2D eigenvalue weighted by Gasteiger charge is -2.21. The van der Waals surface area contributed by atoms with Crippen molar-refractivity contribution in [1.82, 2.24) is 4.90 Å². The fourth-order valence-corrected chi connectivity index (χ4v) is 2.47. The highest BCUT2D eigenvalue weighted by Gasteiger charge is 2.72. The molecule has 2 unspecified atom stereocenters. The van der Waals surface area contributed by atoms with E-state index in [4.69, 9.17) is 5.73 Å². The highest BCUT2D eigenvalue weighted by atomic mass is 16.2.